The maximum atomic E-state index is 11.0. The molecule has 0 spiro atoms. The lowest BCUT2D eigenvalue weighted by atomic mass is 10.2. The zero-order valence-electron chi connectivity index (χ0n) is 11.9. The molecule has 110 valence electrons. The molecule has 0 unspecified atom stereocenters. The molecule has 0 saturated heterocycles. The summed E-state index contributed by atoms with van der Waals surface area (Å²) in [6.07, 6.45) is 1.46. The maximum Gasteiger partial charge on any atom is 0.181 e. The smallest absolute Gasteiger partial charge is 0.181 e. The largest absolute Gasteiger partial charge is 0.624 e. The zero-order valence-corrected chi connectivity index (χ0v) is 12.6. The van der Waals surface area contributed by atoms with Crippen molar-refractivity contribution in [2.45, 2.75) is 6.61 Å². The third kappa shape index (κ3) is 4.13. The molecule has 0 aliphatic heterocycles. The van der Waals surface area contributed by atoms with Gasteiger partial charge in [0.15, 0.2) is 17.7 Å². The average molecular weight is 306 g/mol. The Morgan fingerprint density at radius 1 is 1.19 bits per heavy atom. The highest BCUT2D eigenvalue weighted by Gasteiger charge is 2.08. The first-order chi connectivity index (χ1) is 10.1. The first kappa shape index (κ1) is 15.2. The molecule has 0 atom stereocenters. The van der Waals surface area contributed by atoms with Gasteiger partial charge in [-0.1, -0.05) is 29.8 Å². The van der Waals surface area contributed by atoms with Crippen molar-refractivity contribution in [3.8, 4) is 11.5 Å². The summed E-state index contributed by atoms with van der Waals surface area (Å²) >= 11 is 6.09. The molecule has 0 saturated carbocycles. The van der Waals surface area contributed by atoms with Gasteiger partial charge in [0.1, 0.15) is 13.7 Å². The van der Waals surface area contributed by atoms with E-state index in [4.69, 9.17) is 21.1 Å². The lowest BCUT2D eigenvalue weighted by Gasteiger charge is -2.12. The topological polar surface area (TPSA) is 44.5 Å². The van der Waals surface area contributed by atoms with Crippen LogP contribution in [0, 0.1) is 5.21 Å². The van der Waals surface area contributed by atoms with Crippen LogP contribution in [-0.4, -0.2) is 25.1 Å². The van der Waals surface area contributed by atoms with E-state index in [1.807, 2.05) is 24.3 Å². The van der Waals surface area contributed by atoms with Crippen molar-refractivity contribution in [3.05, 3.63) is 63.8 Å². The van der Waals surface area contributed by atoms with Gasteiger partial charge in [0.25, 0.3) is 0 Å². The van der Waals surface area contributed by atoms with Crippen LogP contribution in [0.4, 0.5) is 0 Å². The predicted molar refractivity (Wildman–Crippen MR) is 83.5 cm³/mol. The third-order valence-corrected chi connectivity index (χ3v) is 3.23. The van der Waals surface area contributed by atoms with Gasteiger partial charge < -0.3 is 14.7 Å². The fraction of sp³-hybridized carbons (Fsp3) is 0.188. The van der Waals surface area contributed by atoms with Crippen LogP contribution >= 0.6 is 11.6 Å². The van der Waals surface area contributed by atoms with Gasteiger partial charge in [0, 0.05) is 16.1 Å². The number of hydroxylamine groups is 1. The Balaban J connectivity index is 2.17. The number of hydrogen-bond acceptors (Lipinski definition) is 3. The standard InChI is InChI=1S/C16H16ClNO3/c1-18(19)10-12-7-8-15(16(9-12)20-2)21-11-13-5-3-4-6-14(13)17/h3-10H,11H2,1-2H3/b18-10+. The van der Waals surface area contributed by atoms with E-state index in [-0.39, 0.29) is 0 Å². The van der Waals surface area contributed by atoms with E-state index < -0.39 is 0 Å². The van der Waals surface area contributed by atoms with Gasteiger partial charge in [-0.15, -0.1) is 0 Å². The molecule has 2 aromatic rings. The number of methoxy groups -OCH3 is 1. The number of halogens is 1. The van der Waals surface area contributed by atoms with Gasteiger partial charge in [0.2, 0.25) is 0 Å². The van der Waals surface area contributed by atoms with Crippen LogP contribution in [0.25, 0.3) is 0 Å². The number of nitrogens with zero attached hydrogens (tertiary/aromatic N) is 1. The van der Waals surface area contributed by atoms with Gasteiger partial charge in [0.05, 0.1) is 7.11 Å². The molecule has 0 N–H and O–H groups in total. The minimum atomic E-state index is 0.348. The van der Waals surface area contributed by atoms with Crippen molar-refractivity contribution in [2.75, 3.05) is 14.2 Å². The Hall–Kier alpha value is -2.20. The molecule has 0 aromatic heterocycles. The van der Waals surface area contributed by atoms with E-state index in [1.165, 1.54) is 13.3 Å². The zero-order chi connectivity index (χ0) is 15.2. The Morgan fingerprint density at radius 2 is 1.95 bits per heavy atom. The summed E-state index contributed by atoms with van der Waals surface area (Å²) in [6, 6.07) is 12.8. The van der Waals surface area contributed by atoms with Gasteiger partial charge in [-0.25, -0.2) is 4.74 Å². The summed E-state index contributed by atoms with van der Waals surface area (Å²) in [7, 11) is 2.98. The van der Waals surface area contributed by atoms with Crippen molar-refractivity contribution in [1.29, 1.82) is 0 Å². The van der Waals surface area contributed by atoms with Crippen LogP contribution in [0.1, 0.15) is 11.1 Å². The second-order valence-electron chi connectivity index (χ2n) is 4.47. The van der Waals surface area contributed by atoms with Gasteiger partial charge >= 0.3 is 0 Å². The normalized spacial score (nSPS) is 11.3. The minimum Gasteiger partial charge on any atom is -0.624 e. The molecule has 2 rings (SSSR count). The highest BCUT2D eigenvalue weighted by Crippen LogP contribution is 2.29. The minimum absolute atomic E-state index is 0.348. The van der Waals surface area contributed by atoms with E-state index >= 15 is 0 Å². The second-order valence-corrected chi connectivity index (χ2v) is 4.87. The van der Waals surface area contributed by atoms with E-state index in [1.54, 1.807) is 25.3 Å². The fourth-order valence-electron chi connectivity index (χ4n) is 1.86. The lowest BCUT2D eigenvalue weighted by molar-refractivity contribution is -0.416. The molecule has 0 radical (unpaired) electrons. The third-order valence-electron chi connectivity index (χ3n) is 2.86. The molecule has 0 fully saturated rings. The first-order valence-corrected chi connectivity index (χ1v) is 6.77. The number of ether oxygens (including phenoxy) is 2. The molecule has 0 aliphatic rings. The van der Waals surface area contributed by atoms with Gasteiger partial charge in [-0.05, 0) is 24.3 Å². The average Bonchev–Trinajstić information content (AvgIpc) is 2.46. The van der Waals surface area contributed by atoms with Crippen LogP contribution in [0.3, 0.4) is 0 Å². The van der Waals surface area contributed by atoms with Crippen molar-refractivity contribution in [3.63, 3.8) is 0 Å². The van der Waals surface area contributed by atoms with E-state index in [2.05, 4.69) is 0 Å². The SMILES string of the molecule is COc1cc(/C=[N+](\C)[O-])ccc1OCc1ccccc1Cl. The first-order valence-electron chi connectivity index (χ1n) is 6.39. The second kappa shape index (κ2) is 6.99. The fourth-order valence-corrected chi connectivity index (χ4v) is 2.05. The van der Waals surface area contributed by atoms with Crippen molar-refractivity contribution in [1.82, 2.24) is 0 Å². The van der Waals surface area contributed by atoms with Crippen molar-refractivity contribution >= 4 is 17.8 Å². The van der Waals surface area contributed by atoms with Crippen molar-refractivity contribution < 1.29 is 14.2 Å². The van der Waals surface area contributed by atoms with Gasteiger partial charge in [-0.2, -0.15) is 0 Å². The highest BCUT2D eigenvalue weighted by molar-refractivity contribution is 6.31. The number of rotatable bonds is 5. The molecule has 0 amide bonds. The molecule has 0 bridgehead atoms. The Morgan fingerprint density at radius 3 is 2.62 bits per heavy atom. The van der Waals surface area contributed by atoms with Crippen LogP contribution < -0.4 is 9.47 Å². The molecular weight excluding hydrogens is 290 g/mol. The molecule has 21 heavy (non-hydrogen) atoms. The van der Waals surface area contributed by atoms with Crippen LogP contribution in [0.2, 0.25) is 5.02 Å². The Kier molecular flexibility index (Phi) is 5.06. The van der Waals surface area contributed by atoms with Crippen LogP contribution in [-0.2, 0) is 6.61 Å². The Bertz CT molecular complexity index is 652. The summed E-state index contributed by atoms with van der Waals surface area (Å²) in [4.78, 5) is 0. The molecule has 4 nitrogen and oxygen atoms in total. The number of benzene rings is 2. The summed E-state index contributed by atoms with van der Waals surface area (Å²) in [6.45, 7) is 0.348. The highest BCUT2D eigenvalue weighted by atomic mass is 35.5. The number of hydrogen-bond donors (Lipinski definition) is 0. The van der Waals surface area contributed by atoms with Gasteiger partial charge in [-0.3, -0.25) is 0 Å². The van der Waals surface area contributed by atoms with Crippen LogP contribution in [0.5, 0.6) is 11.5 Å². The monoisotopic (exact) mass is 305 g/mol. The van der Waals surface area contributed by atoms with E-state index in [9.17, 15) is 5.21 Å². The summed E-state index contributed by atoms with van der Waals surface area (Å²) in [5.74, 6) is 1.17. The van der Waals surface area contributed by atoms with E-state index in [0.29, 0.717) is 23.1 Å². The molecule has 0 aliphatic carbocycles. The molecule has 2 aromatic carbocycles. The maximum absolute atomic E-state index is 11.0. The lowest BCUT2D eigenvalue weighted by Crippen LogP contribution is -2.01. The molecule has 5 heteroatoms. The quantitative estimate of drug-likeness (QED) is 0.368. The van der Waals surface area contributed by atoms with E-state index in [0.717, 1.165) is 15.9 Å². The predicted octanol–water partition coefficient (Wildman–Crippen LogP) is 3.49. The summed E-state index contributed by atoms with van der Waals surface area (Å²) < 4.78 is 11.8. The van der Waals surface area contributed by atoms with Crippen molar-refractivity contribution in [2.24, 2.45) is 0 Å². The molecule has 0 heterocycles. The summed E-state index contributed by atoms with van der Waals surface area (Å²) in [5.41, 5.74) is 1.64. The Labute approximate surface area is 128 Å². The van der Waals surface area contributed by atoms with Crippen LogP contribution in [0.15, 0.2) is 42.5 Å². The summed E-state index contributed by atoms with van der Waals surface area (Å²) in [5, 5.41) is 11.7. The molecular formula is C16H16ClNO3.